The van der Waals surface area contributed by atoms with Crippen LogP contribution in [0, 0.1) is 11.3 Å². The van der Waals surface area contributed by atoms with Gasteiger partial charge in [0.25, 0.3) is 0 Å². The number of nitrogens with zero attached hydrogens (tertiary/aromatic N) is 3. The second kappa shape index (κ2) is 8.63. The van der Waals surface area contributed by atoms with Gasteiger partial charge in [-0.3, -0.25) is 0 Å². The van der Waals surface area contributed by atoms with Gasteiger partial charge in [0, 0.05) is 0 Å². The summed E-state index contributed by atoms with van der Waals surface area (Å²) in [4.78, 5) is 10.7. The van der Waals surface area contributed by atoms with E-state index in [4.69, 9.17) is 5.73 Å². The van der Waals surface area contributed by atoms with Gasteiger partial charge in [-0.25, -0.2) is 4.79 Å². The lowest BCUT2D eigenvalue weighted by Crippen LogP contribution is -2.25. The molecule has 0 unspecified atom stereocenters. The molecular formula is C14H24N4O. The van der Waals surface area contributed by atoms with Gasteiger partial charge in [-0.15, -0.1) is 0 Å². The van der Waals surface area contributed by atoms with Crippen molar-refractivity contribution in [2.45, 2.75) is 76.2 Å². The first-order valence-corrected chi connectivity index (χ1v) is 7.32. The number of azo groups is 1. The normalized spacial score (nSPS) is 22.1. The lowest BCUT2D eigenvalue weighted by Gasteiger charge is -2.21. The van der Waals surface area contributed by atoms with Crippen molar-refractivity contribution in [2.75, 3.05) is 0 Å². The number of nitrogens with two attached hydrogens (primary N) is 1. The van der Waals surface area contributed by atoms with Gasteiger partial charge in [0.2, 0.25) is 0 Å². The van der Waals surface area contributed by atoms with Crippen molar-refractivity contribution in [3.05, 3.63) is 0 Å². The Bertz CT molecular complexity index is 334. The molecule has 1 fully saturated rings. The third kappa shape index (κ3) is 6.32. The van der Waals surface area contributed by atoms with Crippen LogP contribution in [0.5, 0.6) is 0 Å². The molecule has 0 aromatic rings. The molecule has 1 rings (SSSR count). The predicted octanol–water partition coefficient (Wildman–Crippen LogP) is 4.08. The Labute approximate surface area is 115 Å². The zero-order valence-corrected chi connectivity index (χ0v) is 11.6. The van der Waals surface area contributed by atoms with Crippen LogP contribution >= 0.6 is 0 Å². The van der Waals surface area contributed by atoms with Crippen LogP contribution in [-0.2, 0) is 0 Å². The SMILES string of the molecule is N#CC1(N=NC(N)=O)CCCCCCCCCCC1. The Morgan fingerprint density at radius 3 is 1.74 bits per heavy atom. The molecule has 0 bridgehead atoms. The van der Waals surface area contributed by atoms with E-state index in [1.54, 1.807) is 0 Å². The second-order valence-corrected chi connectivity index (χ2v) is 5.36. The van der Waals surface area contributed by atoms with Crippen molar-refractivity contribution in [1.82, 2.24) is 0 Å². The summed E-state index contributed by atoms with van der Waals surface area (Å²) in [5.74, 6) is 0. The number of carbonyl (C=O) groups excluding carboxylic acids is 1. The fourth-order valence-electron chi connectivity index (χ4n) is 2.58. The van der Waals surface area contributed by atoms with E-state index < -0.39 is 11.6 Å². The summed E-state index contributed by atoms with van der Waals surface area (Å²) in [6, 6.07) is 1.44. The standard InChI is InChI=1S/C14H24N4O/c15-12-14(18-17-13(16)19)10-8-6-4-2-1-3-5-7-9-11-14/h1-11H2,(H2,16,19). The van der Waals surface area contributed by atoms with Gasteiger partial charge in [0.15, 0.2) is 5.54 Å². The highest BCUT2D eigenvalue weighted by molar-refractivity contribution is 5.71. The van der Waals surface area contributed by atoms with Gasteiger partial charge in [0.05, 0.1) is 6.07 Å². The Hall–Kier alpha value is -1.44. The summed E-state index contributed by atoms with van der Waals surface area (Å²) < 4.78 is 0. The molecule has 0 radical (unpaired) electrons. The van der Waals surface area contributed by atoms with Crippen molar-refractivity contribution in [3.63, 3.8) is 0 Å². The molecule has 0 aromatic carbocycles. The number of hydrogen-bond donors (Lipinski definition) is 1. The zero-order valence-electron chi connectivity index (χ0n) is 11.6. The molecule has 5 nitrogen and oxygen atoms in total. The molecule has 0 atom stereocenters. The Balaban J connectivity index is 2.66. The molecule has 0 aliphatic heterocycles. The molecule has 2 amide bonds. The first-order chi connectivity index (χ1) is 9.18. The molecule has 2 N–H and O–H groups in total. The summed E-state index contributed by atoms with van der Waals surface area (Å²) in [5.41, 5.74) is 4.15. The molecule has 0 spiro atoms. The maximum atomic E-state index is 10.7. The number of nitriles is 1. The molecule has 106 valence electrons. The second-order valence-electron chi connectivity index (χ2n) is 5.36. The van der Waals surface area contributed by atoms with Gasteiger partial charge < -0.3 is 5.73 Å². The van der Waals surface area contributed by atoms with E-state index in [2.05, 4.69) is 16.3 Å². The molecule has 1 saturated carbocycles. The minimum Gasteiger partial charge on any atom is -0.348 e. The van der Waals surface area contributed by atoms with Crippen LogP contribution in [0.1, 0.15) is 70.6 Å². The lowest BCUT2D eigenvalue weighted by atomic mass is 9.87. The Kier molecular flexibility index (Phi) is 7.09. The Morgan fingerprint density at radius 2 is 1.37 bits per heavy atom. The fourth-order valence-corrected chi connectivity index (χ4v) is 2.58. The summed E-state index contributed by atoms with van der Waals surface area (Å²) >= 11 is 0. The van der Waals surface area contributed by atoms with Crippen LogP contribution in [0.4, 0.5) is 4.79 Å². The number of urea groups is 1. The maximum absolute atomic E-state index is 10.7. The van der Waals surface area contributed by atoms with E-state index in [-0.39, 0.29) is 0 Å². The van der Waals surface area contributed by atoms with Crippen LogP contribution < -0.4 is 5.73 Å². The highest BCUT2D eigenvalue weighted by Gasteiger charge is 2.29. The van der Waals surface area contributed by atoms with Crippen molar-refractivity contribution < 1.29 is 4.79 Å². The lowest BCUT2D eigenvalue weighted by molar-refractivity contribution is 0.253. The van der Waals surface area contributed by atoms with Gasteiger partial charge in [-0.1, -0.05) is 50.1 Å². The number of amides is 2. The fraction of sp³-hybridized carbons (Fsp3) is 0.857. The van der Waals surface area contributed by atoms with Crippen LogP contribution in [-0.4, -0.2) is 11.6 Å². The van der Waals surface area contributed by atoms with Crippen molar-refractivity contribution in [2.24, 2.45) is 16.0 Å². The average Bonchev–Trinajstić information content (AvgIpc) is 2.39. The monoisotopic (exact) mass is 264 g/mol. The zero-order chi connectivity index (χ0) is 14.0. The number of rotatable bonds is 1. The summed E-state index contributed by atoms with van der Waals surface area (Å²) in [6.07, 6.45) is 11.8. The van der Waals surface area contributed by atoms with Crippen molar-refractivity contribution in [1.29, 1.82) is 5.26 Å². The third-order valence-corrected chi connectivity index (χ3v) is 3.73. The van der Waals surface area contributed by atoms with E-state index in [1.165, 1.54) is 32.1 Å². The molecule has 1 aliphatic carbocycles. The predicted molar refractivity (Wildman–Crippen MR) is 73.6 cm³/mol. The molecule has 0 heterocycles. The smallest absolute Gasteiger partial charge is 0.348 e. The summed E-state index contributed by atoms with van der Waals surface area (Å²) in [5, 5.41) is 16.8. The Morgan fingerprint density at radius 1 is 0.947 bits per heavy atom. The molecule has 5 heteroatoms. The van der Waals surface area contributed by atoms with E-state index >= 15 is 0 Å². The van der Waals surface area contributed by atoms with E-state index in [1.807, 2.05) is 0 Å². The number of primary amides is 1. The van der Waals surface area contributed by atoms with Gasteiger partial charge in [0.1, 0.15) is 0 Å². The van der Waals surface area contributed by atoms with Crippen LogP contribution in [0.2, 0.25) is 0 Å². The van der Waals surface area contributed by atoms with Gasteiger partial charge >= 0.3 is 6.03 Å². The topological polar surface area (TPSA) is 91.6 Å². The summed E-state index contributed by atoms with van der Waals surface area (Å²) in [6.45, 7) is 0. The molecular weight excluding hydrogens is 240 g/mol. The van der Waals surface area contributed by atoms with E-state index in [0.29, 0.717) is 12.8 Å². The third-order valence-electron chi connectivity index (χ3n) is 3.73. The highest BCUT2D eigenvalue weighted by atomic mass is 16.2. The minimum atomic E-state index is -0.839. The molecule has 0 aromatic heterocycles. The summed E-state index contributed by atoms with van der Waals surface area (Å²) in [7, 11) is 0. The van der Waals surface area contributed by atoms with Crippen molar-refractivity contribution >= 4 is 6.03 Å². The maximum Gasteiger partial charge on any atom is 0.356 e. The van der Waals surface area contributed by atoms with Crippen LogP contribution in [0.15, 0.2) is 10.2 Å². The van der Waals surface area contributed by atoms with Crippen LogP contribution in [0.3, 0.4) is 0 Å². The van der Waals surface area contributed by atoms with Gasteiger partial charge in [-0.2, -0.15) is 10.4 Å². The van der Waals surface area contributed by atoms with Crippen LogP contribution in [0.25, 0.3) is 0 Å². The molecule has 0 saturated heterocycles. The molecule has 1 aliphatic rings. The minimum absolute atomic E-state index is 0.681. The average molecular weight is 264 g/mol. The largest absolute Gasteiger partial charge is 0.356 e. The van der Waals surface area contributed by atoms with E-state index in [0.717, 1.165) is 25.7 Å². The van der Waals surface area contributed by atoms with Gasteiger partial charge in [-0.05, 0) is 25.7 Å². The first kappa shape index (κ1) is 15.6. The number of hydrogen-bond acceptors (Lipinski definition) is 3. The molecule has 19 heavy (non-hydrogen) atoms. The highest BCUT2D eigenvalue weighted by Crippen LogP contribution is 2.28. The van der Waals surface area contributed by atoms with Crippen molar-refractivity contribution in [3.8, 4) is 6.07 Å². The van der Waals surface area contributed by atoms with E-state index in [9.17, 15) is 10.1 Å². The quantitative estimate of drug-likeness (QED) is 0.722. The number of carbonyl (C=O) groups is 1. The first-order valence-electron chi connectivity index (χ1n) is 7.32.